The Morgan fingerprint density at radius 1 is 1.12 bits per heavy atom. The zero-order chi connectivity index (χ0) is 12.8. The van der Waals surface area contributed by atoms with Gasteiger partial charge >= 0.3 is 11.9 Å². The lowest BCUT2D eigenvalue weighted by atomic mass is 10.1. The van der Waals surface area contributed by atoms with Crippen LogP contribution in [0.15, 0.2) is 24.3 Å². The van der Waals surface area contributed by atoms with E-state index in [-0.39, 0.29) is 13.1 Å². The molecule has 1 aromatic rings. The predicted molar refractivity (Wildman–Crippen MR) is 61.7 cm³/mol. The summed E-state index contributed by atoms with van der Waals surface area (Å²) in [5.41, 5.74) is 1.96. The molecule has 92 valence electrons. The highest BCUT2D eigenvalue weighted by molar-refractivity contribution is 5.72. The van der Waals surface area contributed by atoms with Gasteiger partial charge in [-0.05, 0) is 18.1 Å². The van der Waals surface area contributed by atoms with Crippen LogP contribution in [0, 0.1) is 6.92 Å². The van der Waals surface area contributed by atoms with Gasteiger partial charge in [0.05, 0.1) is 13.1 Å². The Morgan fingerprint density at radius 3 is 2.12 bits per heavy atom. The minimum atomic E-state index is -1.03. The van der Waals surface area contributed by atoms with Crippen LogP contribution in [-0.2, 0) is 16.1 Å². The van der Waals surface area contributed by atoms with Gasteiger partial charge in [-0.15, -0.1) is 0 Å². The van der Waals surface area contributed by atoms with Gasteiger partial charge in [0.25, 0.3) is 0 Å². The van der Waals surface area contributed by atoms with Crippen LogP contribution in [0.5, 0.6) is 0 Å². The van der Waals surface area contributed by atoms with E-state index in [0.717, 1.165) is 11.1 Å². The van der Waals surface area contributed by atoms with Crippen molar-refractivity contribution >= 4 is 11.9 Å². The van der Waals surface area contributed by atoms with Crippen molar-refractivity contribution in [3.63, 3.8) is 0 Å². The van der Waals surface area contributed by atoms with Crippen molar-refractivity contribution in [2.75, 3.05) is 13.1 Å². The number of hydrogen-bond donors (Lipinski definition) is 2. The van der Waals surface area contributed by atoms with Crippen molar-refractivity contribution < 1.29 is 19.8 Å². The molecular weight excluding hydrogens is 222 g/mol. The predicted octanol–water partition coefficient (Wildman–Crippen LogP) is 0.966. The number of carboxylic acid groups (broad SMARTS) is 2. The molecule has 5 heteroatoms. The molecule has 0 saturated carbocycles. The van der Waals surface area contributed by atoms with Crippen LogP contribution in [-0.4, -0.2) is 40.1 Å². The maximum absolute atomic E-state index is 10.6. The number of carboxylic acids is 2. The summed E-state index contributed by atoms with van der Waals surface area (Å²) in [7, 11) is 0. The fourth-order valence-corrected chi connectivity index (χ4v) is 1.58. The van der Waals surface area contributed by atoms with Gasteiger partial charge in [-0.1, -0.05) is 24.3 Å². The Kier molecular flexibility index (Phi) is 4.66. The minimum Gasteiger partial charge on any atom is -0.480 e. The zero-order valence-electron chi connectivity index (χ0n) is 9.59. The highest BCUT2D eigenvalue weighted by Gasteiger charge is 2.14. The Labute approximate surface area is 99.3 Å². The Hall–Kier alpha value is -1.88. The molecule has 0 aliphatic heterocycles. The molecule has 0 atom stereocenters. The van der Waals surface area contributed by atoms with Gasteiger partial charge in [-0.25, -0.2) is 0 Å². The van der Waals surface area contributed by atoms with E-state index in [0.29, 0.717) is 6.54 Å². The van der Waals surface area contributed by atoms with Gasteiger partial charge in [-0.2, -0.15) is 0 Å². The minimum absolute atomic E-state index is 0.277. The molecule has 0 unspecified atom stereocenters. The number of carbonyl (C=O) groups is 2. The van der Waals surface area contributed by atoms with Crippen LogP contribution >= 0.6 is 0 Å². The first kappa shape index (κ1) is 13.2. The highest BCUT2D eigenvalue weighted by Crippen LogP contribution is 2.10. The maximum atomic E-state index is 10.6. The Morgan fingerprint density at radius 2 is 1.65 bits per heavy atom. The molecule has 2 N–H and O–H groups in total. The maximum Gasteiger partial charge on any atom is 0.317 e. The molecule has 1 rings (SSSR count). The second kappa shape index (κ2) is 6.00. The fourth-order valence-electron chi connectivity index (χ4n) is 1.58. The molecule has 5 nitrogen and oxygen atoms in total. The van der Waals surface area contributed by atoms with E-state index in [9.17, 15) is 9.59 Å². The first-order chi connectivity index (χ1) is 7.99. The zero-order valence-corrected chi connectivity index (χ0v) is 9.59. The van der Waals surface area contributed by atoms with Crippen LogP contribution < -0.4 is 0 Å². The average molecular weight is 237 g/mol. The Balaban J connectivity index is 2.75. The number of rotatable bonds is 6. The SMILES string of the molecule is Cc1ccccc1CN(CC(=O)O)CC(=O)O. The largest absolute Gasteiger partial charge is 0.480 e. The van der Waals surface area contributed by atoms with Crippen molar-refractivity contribution in [3.8, 4) is 0 Å². The number of nitrogens with zero attached hydrogens (tertiary/aromatic N) is 1. The summed E-state index contributed by atoms with van der Waals surface area (Å²) in [6.07, 6.45) is 0. The van der Waals surface area contributed by atoms with E-state index < -0.39 is 11.9 Å². The number of benzene rings is 1. The molecule has 0 aromatic heterocycles. The normalized spacial score (nSPS) is 10.5. The summed E-state index contributed by atoms with van der Waals surface area (Å²) < 4.78 is 0. The molecule has 0 spiro atoms. The number of hydrogen-bond acceptors (Lipinski definition) is 3. The van der Waals surface area contributed by atoms with Gasteiger partial charge < -0.3 is 10.2 Å². The summed E-state index contributed by atoms with van der Waals surface area (Å²) in [4.78, 5) is 22.6. The third-order valence-corrected chi connectivity index (χ3v) is 2.37. The van der Waals surface area contributed by atoms with Crippen LogP contribution in [0.25, 0.3) is 0 Å². The van der Waals surface area contributed by atoms with E-state index in [1.165, 1.54) is 4.90 Å². The fraction of sp³-hybridized carbons (Fsp3) is 0.333. The standard InChI is InChI=1S/C12H15NO4/c1-9-4-2-3-5-10(9)6-13(7-11(14)15)8-12(16)17/h2-5H,6-8H2,1H3,(H,14,15)(H,16,17). The summed E-state index contributed by atoms with van der Waals surface area (Å²) in [6, 6.07) is 7.51. The van der Waals surface area contributed by atoms with Gasteiger partial charge in [0.2, 0.25) is 0 Å². The summed E-state index contributed by atoms with van der Waals surface area (Å²) in [6.45, 7) is 1.68. The van der Waals surface area contributed by atoms with Gasteiger partial charge in [0, 0.05) is 6.54 Å². The van der Waals surface area contributed by atoms with E-state index in [4.69, 9.17) is 10.2 Å². The Bertz CT molecular complexity index is 401. The third kappa shape index (κ3) is 4.65. The van der Waals surface area contributed by atoms with Gasteiger partial charge in [0.1, 0.15) is 0 Å². The lowest BCUT2D eigenvalue weighted by Gasteiger charge is -2.19. The van der Waals surface area contributed by atoms with Crippen molar-refractivity contribution in [1.29, 1.82) is 0 Å². The summed E-state index contributed by atoms with van der Waals surface area (Å²) >= 11 is 0. The molecule has 0 aliphatic carbocycles. The van der Waals surface area contributed by atoms with Crippen LogP contribution in [0.4, 0.5) is 0 Å². The molecule has 0 radical (unpaired) electrons. The topological polar surface area (TPSA) is 77.8 Å². The lowest BCUT2D eigenvalue weighted by Crippen LogP contribution is -2.34. The van der Waals surface area contributed by atoms with Crippen molar-refractivity contribution in [2.45, 2.75) is 13.5 Å². The van der Waals surface area contributed by atoms with Crippen molar-refractivity contribution in [2.24, 2.45) is 0 Å². The molecule has 0 fully saturated rings. The monoisotopic (exact) mass is 237 g/mol. The van der Waals surface area contributed by atoms with Crippen molar-refractivity contribution in [3.05, 3.63) is 35.4 Å². The smallest absolute Gasteiger partial charge is 0.317 e. The summed E-state index contributed by atoms with van der Waals surface area (Å²) in [5.74, 6) is -2.06. The second-order valence-electron chi connectivity index (χ2n) is 3.86. The molecule has 0 heterocycles. The molecule has 0 aliphatic rings. The lowest BCUT2D eigenvalue weighted by molar-refractivity contribution is -0.142. The van der Waals surface area contributed by atoms with Crippen LogP contribution in [0.2, 0.25) is 0 Å². The average Bonchev–Trinajstić information content (AvgIpc) is 2.19. The molecule has 1 aromatic carbocycles. The number of aryl methyl sites for hydroxylation is 1. The first-order valence-electron chi connectivity index (χ1n) is 5.19. The van der Waals surface area contributed by atoms with Crippen LogP contribution in [0.3, 0.4) is 0 Å². The van der Waals surface area contributed by atoms with Gasteiger partial charge in [0.15, 0.2) is 0 Å². The van der Waals surface area contributed by atoms with E-state index in [1.54, 1.807) is 0 Å². The second-order valence-corrected chi connectivity index (χ2v) is 3.86. The molecule has 0 bridgehead atoms. The highest BCUT2D eigenvalue weighted by atomic mass is 16.4. The third-order valence-electron chi connectivity index (χ3n) is 2.37. The van der Waals surface area contributed by atoms with Gasteiger partial charge in [-0.3, -0.25) is 14.5 Å². The summed E-state index contributed by atoms with van der Waals surface area (Å²) in [5, 5.41) is 17.4. The van der Waals surface area contributed by atoms with E-state index in [1.807, 2.05) is 31.2 Å². The molecule has 0 saturated heterocycles. The van der Waals surface area contributed by atoms with Crippen LogP contribution in [0.1, 0.15) is 11.1 Å². The molecule has 17 heavy (non-hydrogen) atoms. The van der Waals surface area contributed by atoms with E-state index in [2.05, 4.69) is 0 Å². The molecular formula is C12H15NO4. The first-order valence-corrected chi connectivity index (χ1v) is 5.19. The van der Waals surface area contributed by atoms with E-state index >= 15 is 0 Å². The quantitative estimate of drug-likeness (QED) is 0.770. The van der Waals surface area contributed by atoms with Crippen molar-refractivity contribution in [1.82, 2.24) is 4.90 Å². The molecule has 0 amide bonds. The number of aliphatic carboxylic acids is 2.